The van der Waals surface area contributed by atoms with Crippen LogP contribution in [0.25, 0.3) is 0 Å². The number of rotatable bonds is 4. The molecule has 9 heteroatoms. The van der Waals surface area contributed by atoms with Gasteiger partial charge in [0.2, 0.25) is 5.91 Å². The molecule has 1 saturated carbocycles. The number of nitrogens with zero attached hydrogens (tertiary/aromatic N) is 4. The van der Waals surface area contributed by atoms with E-state index in [2.05, 4.69) is 49.9 Å². The maximum atomic E-state index is 14.7. The van der Waals surface area contributed by atoms with Crippen LogP contribution >= 0.6 is 0 Å². The van der Waals surface area contributed by atoms with Gasteiger partial charge >= 0.3 is 0 Å². The van der Waals surface area contributed by atoms with E-state index in [1.807, 2.05) is 7.05 Å². The molecule has 0 bridgehead atoms. The molecule has 1 aliphatic carbocycles. The summed E-state index contributed by atoms with van der Waals surface area (Å²) in [7, 11) is 1.89. The van der Waals surface area contributed by atoms with Gasteiger partial charge in [-0.3, -0.25) is 14.3 Å². The first-order valence-electron chi connectivity index (χ1n) is 14.3. The smallest absolute Gasteiger partial charge is 0.226 e. The summed E-state index contributed by atoms with van der Waals surface area (Å²) in [5, 5.41) is 4.30. The van der Waals surface area contributed by atoms with Crippen molar-refractivity contribution in [3.05, 3.63) is 81.9 Å². The average Bonchev–Trinajstić information content (AvgIpc) is 3.61. The Hall–Kier alpha value is -3.46. The number of hydrogen-bond acceptors (Lipinski definition) is 5. The van der Waals surface area contributed by atoms with Gasteiger partial charge in [0.1, 0.15) is 29.6 Å². The number of fused-ring (bicyclic) bond motifs is 2. The fourth-order valence-electron chi connectivity index (χ4n) is 7.29. The number of likely N-dealkylation sites (tertiary alicyclic amines) is 1. The summed E-state index contributed by atoms with van der Waals surface area (Å²) in [5.41, 5.74) is 3.91. The molecule has 3 aromatic rings. The normalized spacial score (nSPS) is 23.8. The lowest BCUT2D eigenvalue weighted by Crippen LogP contribution is -2.48. The number of carbonyl (C=O) groups is 2. The van der Waals surface area contributed by atoms with E-state index < -0.39 is 34.5 Å². The van der Waals surface area contributed by atoms with Crippen molar-refractivity contribution in [2.45, 2.75) is 76.4 Å². The van der Waals surface area contributed by atoms with Gasteiger partial charge in [0.25, 0.3) is 0 Å². The average molecular weight is 563 g/mol. The van der Waals surface area contributed by atoms with Crippen molar-refractivity contribution in [1.29, 1.82) is 0 Å². The number of amides is 1. The van der Waals surface area contributed by atoms with E-state index in [9.17, 15) is 18.4 Å². The second-order valence-electron chi connectivity index (χ2n) is 12.6. The van der Waals surface area contributed by atoms with Crippen LogP contribution in [-0.4, -0.2) is 44.4 Å². The Kier molecular flexibility index (Phi) is 6.64. The van der Waals surface area contributed by atoms with Crippen molar-refractivity contribution in [3.63, 3.8) is 0 Å². The second kappa shape index (κ2) is 9.82. The number of halogens is 2. The van der Waals surface area contributed by atoms with Crippen molar-refractivity contribution in [2.24, 2.45) is 13.0 Å². The monoisotopic (exact) mass is 562 g/mol. The molecule has 216 valence electrons. The summed E-state index contributed by atoms with van der Waals surface area (Å²) < 4.78 is 37.1. The minimum absolute atomic E-state index is 0.0710. The minimum atomic E-state index is -0.710. The van der Waals surface area contributed by atoms with Crippen LogP contribution in [0, 0.1) is 31.4 Å². The summed E-state index contributed by atoms with van der Waals surface area (Å²) in [5.74, 6) is -2.01. The molecule has 2 aromatic carbocycles. The Morgan fingerprint density at radius 1 is 1.05 bits per heavy atom. The summed E-state index contributed by atoms with van der Waals surface area (Å²) in [6.07, 6.45) is 2.69. The maximum absolute atomic E-state index is 14.7. The molecular weight excluding hydrogens is 526 g/mol. The SMILES string of the molecule is Cc1cc2c(cc1C)C1(CCN(C(=O)[C@@H]3CC(=O)C[C@H]3c3ccc(F)cc3F)CC1)O[C@@H]2C(C)(C)c1ncnn1C. The van der Waals surface area contributed by atoms with E-state index >= 15 is 0 Å². The Bertz CT molecular complexity index is 1540. The topological polar surface area (TPSA) is 77.3 Å². The Morgan fingerprint density at radius 3 is 2.41 bits per heavy atom. The van der Waals surface area contributed by atoms with Gasteiger partial charge in [-0.05, 0) is 74.4 Å². The lowest BCUT2D eigenvalue weighted by molar-refractivity contribution is -0.151. The first kappa shape index (κ1) is 27.7. The number of aromatic nitrogens is 3. The molecule has 41 heavy (non-hydrogen) atoms. The Balaban J connectivity index is 1.27. The molecule has 1 aromatic heterocycles. The second-order valence-corrected chi connectivity index (χ2v) is 12.6. The standard InChI is InChI=1S/C32H36F2N4O3/c1-18-12-25-26(13-19(18)2)32(41-28(25)31(3,4)30-35-17-36-37(30)5)8-10-38(11-9-32)29(40)24-16-21(39)15-23(24)22-7-6-20(33)14-27(22)34/h6-7,12-14,17,23-24,28H,8-11,15-16H2,1-5H3/t23-,24+,28-/m0/s1. The molecule has 3 heterocycles. The summed E-state index contributed by atoms with van der Waals surface area (Å²) in [4.78, 5) is 32.6. The van der Waals surface area contributed by atoms with E-state index in [1.54, 1.807) is 15.9 Å². The highest BCUT2D eigenvalue weighted by Gasteiger charge is 2.53. The third kappa shape index (κ3) is 4.49. The Labute approximate surface area is 238 Å². The van der Waals surface area contributed by atoms with E-state index in [-0.39, 0.29) is 36.2 Å². The van der Waals surface area contributed by atoms with Gasteiger partial charge in [0.15, 0.2) is 0 Å². The van der Waals surface area contributed by atoms with Crippen LogP contribution in [0.15, 0.2) is 36.7 Å². The van der Waals surface area contributed by atoms with Gasteiger partial charge < -0.3 is 9.64 Å². The highest BCUT2D eigenvalue weighted by molar-refractivity contribution is 5.92. The first-order chi connectivity index (χ1) is 19.4. The fraction of sp³-hybridized carbons (Fsp3) is 0.500. The largest absolute Gasteiger partial charge is 0.361 e. The van der Waals surface area contributed by atoms with Crippen LogP contribution in [0.1, 0.15) is 85.2 Å². The summed E-state index contributed by atoms with van der Waals surface area (Å²) in [6.45, 7) is 9.40. The highest BCUT2D eigenvalue weighted by Crippen LogP contribution is 2.56. The van der Waals surface area contributed by atoms with Crippen LogP contribution in [0.4, 0.5) is 8.78 Å². The van der Waals surface area contributed by atoms with Crippen LogP contribution in [0.2, 0.25) is 0 Å². The summed E-state index contributed by atoms with van der Waals surface area (Å²) >= 11 is 0. The number of piperidine rings is 1. The number of Topliss-reactive ketones (excluding diaryl/α,β-unsaturated/α-hetero) is 1. The number of ether oxygens (including phenoxy) is 1. The Morgan fingerprint density at radius 2 is 1.76 bits per heavy atom. The molecule has 6 rings (SSSR count). The van der Waals surface area contributed by atoms with E-state index in [4.69, 9.17) is 4.74 Å². The third-order valence-electron chi connectivity index (χ3n) is 9.67. The van der Waals surface area contributed by atoms with Gasteiger partial charge in [0, 0.05) is 45.0 Å². The van der Waals surface area contributed by atoms with Crippen LogP contribution < -0.4 is 0 Å². The van der Waals surface area contributed by atoms with Gasteiger partial charge in [-0.2, -0.15) is 5.10 Å². The number of carbonyl (C=O) groups excluding carboxylic acids is 2. The lowest BCUT2D eigenvalue weighted by atomic mass is 9.77. The lowest BCUT2D eigenvalue weighted by Gasteiger charge is -2.42. The van der Waals surface area contributed by atoms with Crippen LogP contribution in [0.5, 0.6) is 0 Å². The van der Waals surface area contributed by atoms with Gasteiger partial charge in [0.05, 0.1) is 23.0 Å². The molecule has 3 atom stereocenters. The quantitative estimate of drug-likeness (QED) is 0.429. The zero-order valence-corrected chi connectivity index (χ0v) is 24.2. The van der Waals surface area contributed by atoms with Crippen molar-refractivity contribution < 1.29 is 23.1 Å². The zero-order valence-electron chi connectivity index (χ0n) is 24.2. The van der Waals surface area contributed by atoms with Crippen LogP contribution in [-0.2, 0) is 32.4 Å². The number of hydrogen-bond donors (Lipinski definition) is 0. The molecular formula is C32H36F2N4O3. The van der Waals surface area contributed by atoms with E-state index in [0.29, 0.717) is 25.9 Å². The predicted molar refractivity (Wildman–Crippen MR) is 148 cm³/mol. The van der Waals surface area contributed by atoms with Gasteiger partial charge in [-0.1, -0.05) is 18.2 Å². The molecule has 7 nitrogen and oxygen atoms in total. The van der Waals surface area contributed by atoms with Crippen molar-refractivity contribution in [2.75, 3.05) is 13.1 Å². The van der Waals surface area contributed by atoms with Crippen molar-refractivity contribution in [1.82, 2.24) is 19.7 Å². The van der Waals surface area contributed by atoms with Crippen molar-refractivity contribution >= 4 is 11.7 Å². The maximum Gasteiger partial charge on any atom is 0.226 e. The highest BCUT2D eigenvalue weighted by atomic mass is 19.1. The fourth-order valence-corrected chi connectivity index (χ4v) is 7.29. The predicted octanol–water partition coefficient (Wildman–Crippen LogP) is 5.34. The van der Waals surface area contributed by atoms with E-state index in [0.717, 1.165) is 23.0 Å². The first-order valence-corrected chi connectivity index (χ1v) is 14.3. The molecule has 2 fully saturated rings. The molecule has 1 amide bonds. The molecule has 1 saturated heterocycles. The number of ketones is 1. The zero-order chi connectivity index (χ0) is 29.3. The van der Waals surface area contributed by atoms with Gasteiger partial charge in [-0.25, -0.2) is 13.8 Å². The molecule has 3 aliphatic rings. The molecule has 0 radical (unpaired) electrons. The van der Waals surface area contributed by atoms with E-state index in [1.165, 1.54) is 23.3 Å². The third-order valence-corrected chi connectivity index (χ3v) is 9.67. The molecule has 2 aliphatic heterocycles. The van der Waals surface area contributed by atoms with Gasteiger partial charge in [-0.15, -0.1) is 0 Å². The number of aryl methyl sites for hydroxylation is 3. The van der Waals surface area contributed by atoms with Crippen LogP contribution in [0.3, 0.4) is 0 Å². The van der Waals surface area contributed by atoms with Crippen molar-refractivity contribution in [3.8, 4) is 0 Å². The minimum Gasteiger partial charge on any atom is -0.361 e. The molecule has 0 N–H and O–H groups in total. The molecule has 0 unspecified atom stereocenters. The number of benzene rings is 2. The summed E-state index contributed by atoms with van der Waals surface area (Å²) in [6, 6.07) is 7.84. The molecule has 1 spiro atoms.